The number of allylic oxidation sites excluding steroid dienone is 1. The lowest BCUT2D eigenvalue weighted by atomic mass is 9.97. The Hall–Kier alpha value is -2.76. The van der Waals surface area contributed by atoms with E-state index in [1.807, 2.05) is 42.5 Å². The highest BCUT2D eigenvalue weighted by Crippen LogP contribution is 2.29. The molecule has 0 atom stereocenters. The molecule has 3 aromatic rings. The van der Waals surface area contributed by atoms with E-state index in [1.165, 1.54) is 6.07 Å². The maximum atomic E-state index is 9.52. The fraction of sp³-hybridized carbons (Fsp3) is 0. The molecule has 3 aromatic carbocycles. The van der Waals surface area contributed by atoms with Crippen molar-refractivity contribution in [1.82, 2.24) is 0 Å². The second-order valence-electron chi connectivity index (χ2n) is 4.91. The molecule has 0 bridgehead atoms. The van der Waals surface area contributed by atoms with Crippen LogP contribution in [0.1, 0.15) is 11.1 Å². The van der Waals surface area contributed by atoms with Crippen LogP contribution in [0, 0.1) is 11.3 Å². The van der Waals surface area contributed by atoms with Crippen molar-refractivity contribution in [3.8, 4) is 11.8 Å². The molecule has 3 heteroatoms. The summed E-state index contributed by atoms with van der Waals surface area (Å²) in [5.74, 6) is 0.0301. The summed E-state index contributed by atoms with van der Waals surface area (Å²) >= 11 is 5.92. The normalized spacial score (nSPS) is 11.4. The zero-order valence-corrected chi connectivity index (χ0v) is 12.4. The topological polar surface area (TPSA) is 44.0 Å². The summed E-state index contributed by atoms with van der Waals surface area (Å²) < 4.78 is 0. The molecule has 0 saturated heterocycles. The summed E-state index contributed by atoms with van der Waals surface area (Å²) in [6.45, 7) is 0. The van der Waals surface area contributed by atoms with Gasteiger partial charge in [-0.3, -0.25) is 0 Å². The van der Waals surface area contributed by atoms with Gasteiger partial charge in [-0.25, -0.2) is 0 Å². The highest BCUT2D eigenvalue weighted by molar-refractivity contribution is 6.32. The van der Waals surface area contributed by atoms with E-state index >= 15 is 0 Å². The molecule has 0 unspecified atom stereocenters. The maximum absolute atomic E-state index is 9.52. The molecule has 0 heterocycles. The first-order valence-corrected chi connectivity index (χ1v) is 7.15. The van der Waals surface area contributed by atoms with Gasteiger partial charge < -0.3 is 5.11 Å². The van der Waals surface area contributed by atoms with Crippen LogP contribution < -0.4 is 0 Å². The molecular weight excluding hydrogens is 294 g/mol. The summed E-state index contributed by atoms with van der Waals surface area (Å²) in [4.78, 5) is 0. The lowest BCUT2D eigenvalue weighted by molar-refractivity contribution is 0.475. The van der Waals surface area contributed by atoms with E-state index < -0.39 is 0 Å². The minimum absolute atomic E-state index is 0.0301. The average Bonchev–Trinajstić information content (AvgIpc) is 2.55. The Balaban J connectivity index is 2.16. The number of nitriles is 1. The molecule has 0 radical (unpaired) electrons. The molecule has 0 aromatic heterocycles. The van der Waals surface area contributed by atoms with E-state index in [1.54, 1.807) is 18.2 Å². The number of aromatic hydroxyl groups is 1. The molecule has 0 saturated carbocycles. The molecule has 0 aliphatic heterocycles. The fourth-order valence-electron chi connectivity index (χ4n) is 2.41. The molecule has 106 valence electrons. The van der Waals surface area contributed by atoms with Crippen LogP contribution in [0.4, 0.5) is 0 Å². The van der Waals surface area contributed by atoms with Gasteiger partial charge in [0.2, 0.25) is 0 Å². The van der Waals surface area contributed by atoms with Gasteiger partial charge in [0.15, 0.2) is 0 Å². The van der Waals surface area contributed by atoms with Gasteiger partial charge in [-0.2, -0.15) is 5.26 Å². The van der Waals surface area contributed by atoms with E-state index in [2.05, 4.69) is 6.07 Å². The van der Waals surface area contributed by atoms with Crippen molar-refractivity contribution in [2.75, 3.05) is 0 Å². The number of nitrogens with zero attached hydrogens (tertiary/aromatic N) is 1. The third kappa shape index (κ3) is 2.67. The Morgan fingerprint density at radius 2 is 1.82 bits per heavy atom. The summed E-state index contributed by atoms with van der Waals surface area (Å²) in [6, 6.07) is 21.0. The van der Waals surface area contributed by atoms with E-state index in [4.69, 9.17) is 11.6 Å². The van der Waals surface area contributed by atoms with Gasteiger partial charge in [0.05, 0.1) is 16.7 Å². The van der Waals surface area contributed by atoms with Crippen LogP contribution in [-0.2, 0) is 0 Å². The average molecular weight is 306 g/mol. The zero-order valence-electron chi connectivity index (χ0n) is 11.6. The first-order chi connectivity index (χ1) is 10.7. The largest absolute Gasteiger partial charge is 0.506 e. The summed E-state index contributed by atoms with van der Waals surface area (Å²) in [5, 5.41) is 21.4. The van der Waals surface area contributed by atoms with E-state index in [-0.39, 0.29) is 10.8 Å². The second kappa shape index (κ2) is 5.93. The third-order valence-electron chi connectivity index (χ3n) is 3.48. The Labute approximate surface area is 133 Å². The standard InChI is InChI=1S/C19H12ClNO/c20-18-11-13(8-9-19(18)22)10-15(12-21)17-7-3-5-14-4-1-2-6-16(14)17/h1-11,22H/b15-10-. The molecule has 2 nitrogen and oxygen atoms in total. The number of fused-ring (bicyclic) bond motifs is 1. The van der Waals surface area contributed by atoms with Gasteiger partial charge in [-0.1, -0.05) is 60.1 Å². The highest BCUT2D eigenvalue weighted by atomic mass is 35.5. The van der Waals surface area contributed by atoms with Crippen molar-refractivity contribution < 1.29 is 5.11 Å². The fourth-order valence-corrected chi connectivity index (χ4v) is 2.60. The van der Waals surface area contributed by atoms with Crippen LogP contribution in [0.15, 0.2) is 60.7 Å². The Morgan fingerprint density at radius 1 is 1.05 bits per heavy atom. The first-order valence-electron chi connectivity index (χ1n) is 6.77. The summed E-state index contributed by atoms with van der Waals surface area (Å²) in [6.07, 6.45) is 1.77. The van der Waals surface area contributed by atoms with Gasteiger partial charge in [-0.05, 0) is 34.5 Å². The molecule has 0 fully saturated rings. The van der Waals surface area contributed by atoms with E-state index in [0.717, 1.165) is 21.9 Å². The van der Waals surface area contributed by atoms with E-state index in [9.17, 15) is 10.4 Å². The Kier molecular flexibility index (Phi) is 3.82. The number of hydrogen-bond donors (Lipinski definition) is 1. The molecule has 22 heavy (non-hydrogen) atoms. The number of benzene rings is 3. The van der Waals surface area contributed by atoms with Crippen molar-refractivity contribution in [3.05, 3.63) is 76.8 Å². The SMILES string of the molecule is N#C/C(=C/c1ccc(O)c(Cl)c1)c1cccc2ccccc12. The number of phenolic OH excluding ortho intramolecular Hbond substituents is 1. The van der Waals surface area contributed by atoms with Gasteiger partial charge in [-0.15, -0.1) is 0 Å². The highest BCUT2D eigenvalue weighted by Gasteiger charge is 2.07. The summed E-state index contributed by atoms with van der Waals surface area (Å²) in [7, 11) is 0. The monoisotopic (exact) mass is 305 g/mol. The molecule has 0 amide bonds. The number of halogens is 1. The van der Waals surface area contributed by atoms with Gasteiger partial charge in [0.25, 0.3) is 0 Å². The minimum atomic E-state index is 0.0301. The van der Waals surface area contributed by atoms with Crippen LogP contribution in [0.2, 0.25) is 5.02 Å². The maximum Gasteiger partial charge on any atom is 0.134 e. The smallest absolute Gasteiger partial charge is 0.134 e. The predicted octanol–water partition coefficient (Wildman–Crippen LogP) is 5.26. The van der Waals surface area contributed by atoms with Crippen molar-refractivity contribution in [1.29, 1.82) is 5.26 Å². The Morgan fingerprint density at radius 3 is 2.59 bits per heavy atom. The zero-order chi connectivity index (χ0) is 15.5. The quantitative estimate of drug-likeness (QED) is 0.518. The van der Waals surface area contributed by atoms with Crippen molar-refractivity contribution in [3.63, 3.8) is 0 Å². The molecule has 0 spiro atoms. The van der Waals surface area contributed by atoms with Gasteiger partial charge >= 0.3 is 0 Å². The van der Waals surface area contributed by atoms with Gasteiger partial charge in [0.1, 0.15) is 5.75 Å². The molecule has 0 aliphatic rings. The molecule has 3 rings (SSSR count). The van der Waals surface area contributed by atoms with Crippen LogP contribution in [0.3, 0.4) is 0 Å². The molecular formula is C19H12ClNO. The number of phenols is 1. The third-order valence-corrected chi connectivity index (χ3v) is 3.79. The van der Waals surface area contributed by atoms with Gasteiger partial charge in [0, 0.05) is 5.56 Å². The number of hydrogen-bond acceptors (Lipinski definition) is 2. The van der Waals surface area contributed by atoms with Crippen LogP contribution >= 0.6 is 11.6 Å². The molecule has 1 N–H and O–H groups in total. The minimum Gasteiger partial charge on any atom is -0.506 e. The lowest BCUT2D eigenvalue weighted by Gasteiger charge is -2.06. The Bertz CT molecular complexity index is 917. The summed E-state index contributed by atoms with van der Waals surface area (Å²) in [5.41, 5.74) is 2.20. The van der Waals surface area contributed by atoms with Crippen molar-refractivity contribution in [2.45, 2.75) is 0 Å². The second-order valence-corrected chi connectivity index (χ2v) is 5.31. The van der Waals surface area contributed by atoms with Crippen LogP contribution in [0.5, 0.6) is 5.75 Å². The van der Waals surface area contributed by atoms with Crippen molar-refractivity contribution in [2.24, 2.45) is 0 Å². The van der Waals surface area contributed by atoms with Crippen molar-refractivity contribution >= 4 is 34.0 Å². The van der Waals surface area contributed by atoms with Crippen LogP contribution in [-0.4, -0.2) is 5.11 Å². The number of rotatable bonds is 2. The first kappa shape index (κ1) is 14.2. The van der Waals surface area contributed by atoms with E-state index in [0.29, 0.717) is 5.57 Å². The lowest BCUT2D eigenvalue weighted by Crippen LogP contribution is -1.85. The predicted molar refractivity (Wildman–Crippen MR) is 90.5 cm³/mol. The van der Waals surface area contributed by atoms with Crippen LogP contribution in [0.25, 0.3) is 22.4 Å². The molecule has 0 aliphatic carbocycles.